The SMILES string of the molecule is COc1cccc(-c2noc(CCC(=O)N3CCc4ccccc43)n2)c1. The van der Waals surface area contributed by atoms with Crippen LogP contribution in [0.25, 0.3) is 11.4 Å². The molecule has 0 saturated heterocycles. The first kappa shape index (κ1) is 16.3. The molecule has 0 spiro atoms. The number of para-hydroxylation sites is 1. The molecule has 6 heteroatoms. The van der Waals surface area contributed by atoms with Crippen LogP contribution < -0.4 is 9.64 Å². The highest BCUT2D eigenvalue weighted by atomic mass is 16.5. The molecule has 0 bridgehead atoms. The molecule has 0 aliphatic carbocycles. The van der Waals surface area contributed by atoms with Gasteiger partial charge in [-0.3, -0.25) is 4.79 Å². The van der Waals surface area contributed by atoms with Gasteiger partial charge in [-0.2, -0.15) is 4.98 Å². The summed E-state index contributed by atoms with van der Waals surface area (Å²) in [4.78, 5) is 18.8. The molecular weight excluding hydrogens is 330 g/mol. The highest BCUT2D eigenvalue weighted by molar-refractivity contribution is 5.95. The molecule has 6 nitrogen and oxygen atoms in total. The van der Waals surface area contributed by atoms with Crippen molar-refractivity contribution >= 4 is 11.6 Å². The Balaban J connectivity index is 1.41. The van der Waals surface area contributed by atoms with Gasteiger partial charge in [0.2, 0.25) is 17.6 Å². The zero-order valence-electron chi connectivity index (χ0n) is 14.5. The van der Waals surface area contributed by atoms with Crippen LogP contribution in [0, 0.1) is 0 Å². The van der Waals surface area contributed by atoms with Gasteiger partial charge in [0, 0.05) is 30.6 Å². The lowest BCUT2D eigenvalue weighted by molar-refractivity contribution is -0.118. The van der Waals surface area contributed by atoms with Gasteiger partial charge in [0.15, 0.2) is 0 Å². The molecule has 0 unspecified atom stereocenters. The summed E-state index contributed by atoms with van der Waals surface area (Å²) in [5, 5.41) is 4.01. The number of aryl methyl sites for hydroxylation is 1. The Bertz CT molecular complexity index is 935. The van der Waals surface area contributed by atoms with Crippen LogP contribution in [0.4, 0.5) is 5.69 Å². The number of methoxy groups -OCH3 is 1. The van der Waals surface area contributed by atoms with Crippen molar-refractivity contribution in [3.8, 4) is 17.1 Å². The van der Waals surface area contributed by atoms with Gasteiger partial charge in [0.25, 0.3) is 0 Å². The fraction of sp³-hybridized carbons (Fsp3) is 0.250. The second kappa shape index (κ2) is 7.00. The minimum Gasteiger partial charge on any atom is -0.497 e. The van der Waals surface area contributed by atoms with Gasteiger partial charge in [-0.25, -0.2) is 0 Å². The number of aromatic nitrogens is 2. The normalized spacial score (nSPS) is 12.9. The zero-order chi connectivity index (χ0) is 17.9. The molecule has 3 aromatic rings. The van der Waals surface area contributed by atoms with Crippen LogP contribution in [0.2, 0.25) is 0 Å². The van der Waals surface area contributed by atoms with E-state index in [1.54, 1.807) is 7.11 Å². The summed E-state index contributed by atoms with van der Waals surface area (Å²) in [7, 11) is 1.61. The van der Waals surface area contributed by atoms with Gasteiger partial charge in [0.1, 0.15) is 5.75 Å². The topological polar surface area (TPSA) is 68.5 Å². The van der Waals surface area contributed by atoms with Crippen molar-refractivity contribution in [2.24, 2.45) is 0 Å². The van der Waals surface area contributed by atoms with Crippen LogP contribution >= 0.6 is 0 Å². The van der Waals surface area contributed by atoms with Crippen LogP contribution in [-0.2, 0) is 17.6 Å². The minimum atomic E-state index is 0.0797. The number of amides is 1. The summed E-state index contributed by atoms with van der Waals surface area (Å²) in [6.07, 6.45) is 1.67. The standard InChI is InChI=1S/C20H19N3O3/c1-25-16-7-4-6-15(13-16)20-21-18(26-22-20)9-10-19(24)23-12-11-14-5-2-3-8-17(14)23/h2-8,13H,9-12H2,1H3. The van der Waals surface area contributed by atoms with Gasteiger partial charge in [-0.05, 0) is 30.2 Å². The van der Waals surface area contributed by atoms with Crippen molar-refractivity contribution in [3.63, 3.8) is 0 Å². The third kappa shape index (κ3) is 3.18. The molecule has 1 aromatic heterocycles. The molecule has 0 saturated carbocycles. The van der Waals surface area contributed by atoms with Crippen molar-refractivity contribution < 1.29 is 14.1 Å². The Morgan fingerprint density at radius 1 is 1.23 bits per heavy atom. The number of benzene rings is 2. The third-order valence-electron chi connectivity index (χ3n) is 4.54. The lowest BCUT2D eigenvalue weighted by Crippen LogP contribution is -2.29. The van der Waals surface area contributed by atoms with Gasteiger partial charge < -0.3 is 14.2 Å². The fourth-order valence-electron chi connectivity index (χ4n) is 3.18. The quantitative estimate of drug-likeness (QED) is 0.707. The van der Waals surface area contributed by atoms with Crippen molar-refractivity contribution in [3.05, 3.63) is 60.0 Å². The number of carbonyl (C=O) groups is 1. The lowest BCUT2D eigenvalue weighted by atomic mass is 10.2. The van der Waals surface area contributed by atoms with Gasteiger partial charge >= 0.3 is 0 Å². The zero-order valence-corrected chi connectivity index (χ0v) is 14.5. The maximum Gasteiger partial charge on any atom is 0.227 e. The molecule has 132 valence electrons. The fourth-order valence-corrected chi connectivity index (χ4v) is 3.18. The Kier molecular flexibility index (Phi) is 4.39. The van der Waals surface area contributed by atoms with Gasteiger partial charge in [-0.15, -0.1) is 0 Å². The van der Waals surface area contributed by atoms with E-state index >= 15 is 0 Å². The van der Waals surface area contributed by atoms with E-state index in [9.17, 15) is 4.79 Å². The summed E-state index contributed by atoms with van der Waals surface area (Å²) in [6.45, 7) is 0.733. The summed E-state index contributed by atoms with van der Waals surface area (Å²) in [5.74, 6) is 1.77. The van der Waals surface area contributed by atoms with E-state index in [-0.39, 0.29) is 5.91 Å². The largest absolute Gasteiger partial charge is 0.497 e. The molecule has 0 atom stereocenters. The highest BCUT2D eigenvalue weighted by Gasteiger charge is 2.24. The predicted molar refractivity (Wildman–Crippen MR) is 97.1 cm³/mol. The molecule has 1 aliphatic heterocycles. The first-order chi connectivity index (χ1) is 12.7. The number of nitrogens with zero attached hydrogens (tertiary/aromatic N) is 3. The first-order valence-electron chi connectivity index (χ1n) is 8.60. The maximum absolute atomic E-state index is 12.6. The van der Waals surface area contributed by atoms with Crippen molar-refractivity contribution in [2.75, 3.05) is 18.6 Å². The minimum absolute atomic E-state index is 0.0797. The smallest absolute Gasteiger partial charge is 0.227 e. The molecule has 1 aliphatic rings. The third-order valence-corrected chi connectivity index (χ3v) is 4.54. The number of carbonyl (C=O) groups excluding carboxylic acids is 1. The van der Waals surface area contributed by atoms with E-state index in [1.165, 1.54) is 5.56 Å². The number of ether oxygens (including phenoxy) is 1. The van der Waals surface area contributed by atoms with Gasteiger partial charge in [0.05, 0.1) is 7.11 Å². The number of hydrogen-bond donors (Lipinski definition) is 0. The molecular formula is C20H19N3O3. The van der Waals surface area contributed by atoms with Crippen molar-refractivity contribution in [1.29, 1.82) is 0 Å². The summed E-state index contributed by atoms with van der Waals surface area (Å²) < 4.78 is 10.5. The molecule has 1 amide bonds. The predicted octanol–water partition coefficient (Wildman–Crippen LogP) is 3.27. The first-order valence-corrected chi connectivity index (χ1v) is 8.60. The molecule has 26 heavy (non-hydrogen) atoms. The lowest BCUT2D eigenvalue weighted by Gasteiger charge is -2.16. The number of anilines is 1. The van der Waals surface area contributed by atoms with E-state index in [0.717, 1.165) is 30.0 Å². The van der Waals surface area contributed by atoms with Crippen molar-refractivity contribution in [2.45, 2.75) is 19.3 Å². The van der Waals surface area contributed by atoms with E-state index in [1.807, 2.05) is 47.4 Å². The average molecular weight is 349 g/mol. The monoisotopic (exact) mass is 349 g/mol. The van der Waals surface area contributed by atoms with E-state index < -0.39 is 0 Å². The van der Waals surface area contributed by atoms with Crippen molar-refractivity contribution in [1.82, 2.24) is 10.1 Å². The Morgan fingerprint density at radius 2 is 2.12 bits per heavy atom. The molecule has 0 fully saturated rings. The van der Waals surface area contributed by atoms with E-state index in [0.29, 0.717) is 24.6 Å². The van der Waals surface area contributed by atoms with Crippen LogP contribution in [0.3, 0.4) is 0 Å². The number of hydrogen-bond acceptors (Lipinski definition) is 5. The Hall–Kier alpha value is -3.15. The highest BCUT2D eigenvalue weighted by Crippen LogP contribution is 2.28. The maximum atomic E-state index is 12.6. The molecule has 2 aromatic carbocycles. The molecule has 0 radical (unpaired) electrons. The van der Waals surface area contributed by atoms with Crippen LogP contribution in [0.5, 0.6) is 5.75 Å². The van der Waals surface area contributed by atoms with E-state index in [2.05, 4.69) is 16.2 Å². The summed E-state index contributed by atoms with van der Waals surface area (Å²) >= 11 is 0. The van der Waals surface area contributed by atoms with Crippen LogP contribution in [0.15, 0.2) is 53.1 Å². The number of rotatable bonds is 5. The molecule has 2 heterocycles. The Morgan fingerprint density at radius 3 is 3.00 bits per heavy atom. The Labute approximate surface area is 151 Å². The van der Waals surface area contributed by atoms with Gasteiger partial charge in [-0.1, -0.05) is 35.5 Å². The second-order valence-corrected chi connectivity index (χ2v) is 6.17. The number of fused-ring (bicyclic) bond motifs is 1. The summed E-state index contributed by atoms with van der Waals surface area (Å²) in [5.41, 5.74) is 3.05. The van der Waals surface area contributed by atoms with Crippen LogP contribution in [0.1, 0.15) is 17.9 Å². The second-order valence-electron chi connectivity index (χ2n) is 6.17. The van der Waals surface area contributed by atoms with E-state index in [4.69, 9.17) is 9.26 Å². The average Bonchev–Trinajstić information content (AvgIpc) is 3.33. The molecule has 0 N–H and O–H groups in total. The molecule has 4 rings (SSSR count). The van der Waals surface area contributed by atoms with Crippen LogP contribution in [-0.4, -0.2) is 29.7 Å². The summed E-state index contributed by atoms with van der Waals surface area (Å²) in [6, 6.07) is 15.5.